The van der Waals surface area contributed by atoms with Crippen LogP contribution < -0.4 is 5.73 Å². The zero-order valence-corrected chi connectivity index (χ0v) is 9.10. The summed E-state index contributed by atoms with van der Waals surface area (Å²) in [4.78, 5) is 11.0. The lowest BCUT2D eigenvalue weighted by Crippen LogP contribution is -2.16. The minimum absolute atomic E-state index is 0.334. The maximum atomic E-state index is 12.7. The number of nitrogens with two attached hydrogens (primary N) is 1. The highest BCUT2D eigenvalue weighted by atomic mass is 35.5. The lowest BCUT2D eigenvalue weighted by atomic mass is 10.1. The molecule has 0 bridgehead atoms. The van der Waals surface area contributed by atoms with Crippen LogP contribution >= 0.6 is 23.2 Å². The molecule has 1 amide bonds. The van der Waals surface area contributed by atoms with Crippen molar-refractivity contribution in [2.75, 3.05) is 0 Å². The minimum atomic E-state index is -1.15. The van der Waals surface area contributed by atoms with E-state index in [-0.39, 0.29) is 11.7 Å². The van der Waals surface area contributed by atoms with E-state index >= 15 is 0 Å². The molecule has 2 N–H and O–H groups in total. The van der Waals surface area contributed by atoms with Crippen molar-refractivity contribution in [3.05, 3.63) is 35.6 Å². The summed E-state index contributed by atoms with van der Waals surface area (Å²) in [5.74, 6) is -1.80. The van der Waals surface area contributed by atoms with Crippen molar-refractivity contribution in [1.29, 1.82) is 0 Å². The van der Waals surface area contributed by atoms with Crippen LogP contribution in [0.15, 0.2) is 24.3 Å². The summed E-state index contributed by atoms with van der Waals surface area (Å²) in [5, 5.41) is 0. The van der Waals surface area contributed by atoms with Gasteiger partial charge in [0.05, 0.1) is 5.92 Å². The second kappa shape index (κ2) is 3.35. The van der Waals surface area contributed by atoms with Gasteiger partial charge in [0.2, 0.25) is 5.91 Å². The summed E-state index contributed by atoms with van der Waals surface area (Å²) in [6, 6.07) is 5.72. The Labute approximate surface area is 96.2 Å². The fourth-order valence-electron chi connectivity index (χ4n) is 1.77. The van der Waals surface area contributed by atoms with Crippen molar-refractivity contribution >= 4 is 29.1 Å². The zero-order valence-electron chi connectivity index (χ0n) is 7.58. The molecule has 0 radical (unpaired) electrons. The van der Waals surface area contributed by atoms with Crippen molar-refractivity contribution in [3.8, 4) is 0 Å². The molecule has 0 aliphatic heterocycles. The van der Waals surface area contributed by atoms with Gasteiger partial charge in [-0.15, -0.1) is 23.2 Å². The number of alkyl halides is 2. The molecular formula is C10H8Cl2FNO. The topological polar surface area (TPSA) is 43.1 Å². The van der Waals surface area contributed by atoms with Gasteiger partial charge in [-0.25, -0.2) is 4.39 Å². The van der Waals surface area contributed by atoms with Gasteiger partial charge >= 0.3 is 0 Å². The van der Waals surface area contributed by atoms with Crippen LogP contribution in [0.1, 0.15) is 11.5 Å². The Kier molecular flexibility index (Phi) is 2.40. The molecule has 0 spiro atoms. The van der Waals surface area contributed by atoms with E-state index in [4.69, 9.17) is 28.9 Å². The number of hydrogen-bond acceptors (Lipinski definition) is 1. The number of carbonyl (C=O) groups is 1. The van der Waals surface area contributed by atoms with Gasteiger partial charge in [0.1, 0.15) is 10.2 Å². The lowest BCUT2D eigenvalue weighted by Gasteiger charge is -1.98. The average Bonchev–Trinajstić information content (AvgIpc) is 2.70. The summed E-state index contributed by atoms with van der Waals surface area (Å²) in [6.45, 7) is 0. The standard InChI is InChI=1S/C10H8Cl2FNO/c11-10(12)7(8(10)9(14)15)5-1-3-6(13)4-2-5/h1-4,7-8H,(H2,14,15). The molecule has 5 heteroatoms. The van der Waals surface area contributed by atoms with Gasteiger partial charge in [0, 0.05) is 5.92 Å². The van der Waals surface area contributed by atoms with Crippen molar-refractivity contribution in [1.82, 2.24) is 0 Å². The SMILES string of the molecule is NC(=O)C1C(c2ccc(F)cc2)C1(Cl)Cl. The number of hydrogen-bond donors (Lipinski definition) is 1. The summed E-state index contributed by atoms with van der Waals surface area (Å²) < 4.78 is 11.5. The molecule has 0 aromatic heterocycles. The van der Waals surface area contributed by atoms with Crippen LogP contribution in [0.2, 0.25) is 0 Å². The third-order valence-electron chi connectivity index (χ3n) is 2.59. The second-order valence-corrected chi connectivity index (χ2v) is 5.03. The molecule has 2 rings (SSSR count). The first-order chi connectivity index (χ1) is 6.94. The highest BCUT2D eigenvalue weighted by Gasteiger charge is 2.67. The van der Waals surface area contributed by atoms with E-state index in [9.17, 15) is 9.18 Å². The molecule has 1 saturated carbocycles. The van der Waals surface area contributed by atoms with E-state index < -0.39 is 16.2 Å². The molecule has 1 fully saturated rings. The molecule has 0 heterocycles. The summed E-state index contributed by atoms with van der Waals surface area (Å²) in [6.07, 6.45) is 0. The van der Waals surface area contributed by atoms with Gasteiger partial charge in [-0.1, -0.05) is 12.1 Å². The summed E-state index contributed by atoms with van der Waals surface area (Å²) in [7, 11) is 0. The number of primary amides is 1. The quantitative estimate of drug-likeness (QED) is 0.801. The van der Waals surface area contributed by atoms with Gasteiger partial charge in [-0.2, -0.15) is 0 Å². The molecule has 80 valence electrons. The number of rotatable bonds is 2. The van der Waals surface area contributed by atoms with Gasteiger partial charge in [0.15, 0.2) is 0 Å². The van der Waals surface area contributed by atoms with Crippen molar-refractivity contribution in [2.24, 2.45) is 11.7 Å². The summed E-state index contributed by atoms with van der Waals surface area (Å²) in [5.41, 5.74) is 5.88. The van der Waals surface area contributed by atoms with E-state index in [0.717, 1.165) is 5.56 Å². The molecule has 0 saturated heterocycles. The highest BCUT2D eigenvalue weighted by molar-refractivity contribution is 6.53. The first-order valence-corrected chi connectivity index (χ1v) is 5.13. The highest BCUT2D eigenvalue weighted by Crippen LogP contribution is 2.64. The predicted octanol–water partition coefficient (Wildman–Crippen LogP) is 2.20. The van der Waals surface area contributed by atoms with E-state index in [1.807, 2.05) is 0 Å². The average molecular weight is 248 g/mol. The molecule has 1 aromatic carbocycles. The normalized spacial score (nSPS) is 27.4. The number of amides is 1. The van der Waals surface area contributed by atoms with Crippen LogP contribution in [0.4, 0.5) is 4.39 Å². The third kappa shape index (κ3) is 1.70. The number of benzene rings is 1. The van der Waals surface area contributed by atoms with Crippen LogP contribution in [-0.2, 0) is 4.79 Å². The zero-order chi connectivity index (χ0) is 11.2. The van der Waals surface area contributed by atoms with Crippen molar-refractivity contribution < 1.29 is 9.18 Å². The second-order valence-electron chi connectivity index (χ2n) is 3.58. The van der Waals surface area contributed by atoms with E-state index in [2.05, 4.69) is 0 Å². The van der Waals surface area contributed by atoms with Crippen molar-refractivity contribution in [3.63, 3.8) is 0 Å². The molecular weight excluding hydrogens is 240 g/mol. The van der Waals surface area contributed by atoms with E-state index in [1.54, 1.807) is 12.1 Å². The Morgan fingerprint density at radius 2 is 1.87 bits per heavy atom. The molecule has 15 heavy (non-hydrogen) atoms. The maximum Gasteiger partial charge on any atom is 0.224 e. The fourth-order valence-corrected chi connectivity index (χ4v) is 2.61. The monoisotopic (exact) mass is 247 g/mol. The Morgan fingerprint density at radius 1 is 1.33 bits per heavy atom. The molecule has 1 aliphatic rings. The lowest BCUT2D eigenvalue weighted by molar-refractivity contribution is -0.119. The fraction of sp³-hybridized carbons (Fsp3) is 0.300. The van der Waals surface area contributed by atoms with Gasteiger partial charge in [0.25, 0.3) is 0 Å². The first kappa shape index (κ1) is 10.7. The van der Waals surface area contributed by atoms with Crippen LogP contribution in [0, 0.1) is 11.7 Å². The van der Waals surface area contributed by atoms with Gasteiger partial charge in [-0.05, 0) is 17.7 Å². The minimum Gasteiger partial charge on any atom is -0.369 e. The molecule has 2 atom stereocenters. The van der Waals surface area contributed by atoms with Crippen LogP contribution in [-0.4, -0.2) is 10.2 Å². The van der Waals surface area contributed by atoms with Gasteiger partial charge < -0.3 is 5.73 Å². The third-order valence-corrected chi connectivity index (χ3v) is 3.53. The van der Waals surface area contributed by atoms with Crippen LogP contribution in [0.3, 0.4) is 0 Å². The smallest absolute Gasteiger partial charge is 0.224 e. The van der Waals surface area contributed by atoms with E-state index in [0.29, 0.717) is 0 Å². The Morgan fingerprint density at radius 3 is 2.27 bits per heavy atom. The van der Waals surface area contributed by atoms with Crippen LogP contribution in [0.5, 0.6) is 0 Å². The number of carbonyl (C=O) groups excluding carboxylic acids is 1. The van der Waals surface area contributed by atoms with Crippen molar-refractivity contribution in [2.45, 2.75) is 10.3 Å². The molecule has 1 aliphatic carbocycles. The summed E-state index contributed by atoms with van der Waals surface area (Å²) >= 11 is 11.8. The van der Waals surface area contributed by atoms with Crippen LogP contribution in [0.25, 0.3) is 0 Å². The Hall–Kier alpha value is -0.800. The largest absolute Gasteiger partial charge is 0.369 e. The predicted molar refractivity (Wildman–Crippen MR) is 56.3 cm³/mol. The number of halogens is 3. The Balaban J connectivity index is 2.27. The van der Waals surface area contributed by atoms with Gasteiger partial charge in [-0.3, -0.25) is 4.79 Å². The maximum absolute atomic E-state index is 12.7. The molecule has 2 unspecified atom stereocenters. The molecule has 2 nitrogen and oxygen atoms in total. The first-order valence-electron chi connectivity index (χ1n) is 4.37. The Bertz CT molecular complexity index is 404. The van der Waals surface area contributed by atoms with E-state index in [1.165, 1.54) is 12.1 Å². The molecule has 1 aromatic rings.